The highest BCUT2D eigenvalue weighted by Gasteiger charge is 2.31. The number of aryl methyl sites for hydroxylation is 1. The van der Waals surface area contributed by atoms with Crippen molar-refractivity contribution in [3.8, 4) is 5.75 Å². The monoisotopic (exact) mass is 394 g/mol. The summed E-state index contributed by atoms with van der Waals surface area (Å²) in [5.41, 5.74) is 10.2. The number of fused-ring (bicyclic) bond motifs is 1. The van der Waals surface area contributed by atoms with Gasteiger partial charge < -0.3 is 15.4 Å². The lowest BCUT2D eigenvalue weighted by molar-refractivity contribution is -0.129. The van der Waals surface area contributed by atoms with Crippen LogP contribution in [-0.2, 0) is 17.8 Å². The van der Waals surface area contributed by atoms with E-state index in [1.165, 1.54) is 0 Å². The maximum absolute atomic E-state index is 12.9. The summed E-state index contributed by atoms with van der Waals surface area (Å²) in [7, 11) is 1.65. The van der Waals surface area contributed by atoms with Gasteiger partial charge in [0.2, 0.25) is 5.91 Å². The Morgan fingerprint density at radius 2 is 2.14 bits per heavy atom. The van der Waals surface area contributed by atoms with Crippen molar-refractivity contribution >= 4 is 17.1 Å². The molecule has 2 N–H and O–H groups in total. The summed E-state index contributed by atoms with van der Waals surface area (Å²) < 4.78 is 7.12. The van der Waals surface area contributed by atoms with Gasteiger partial charge in [0.1, 0.15) is 11.3 Å². The van der Waals surface area contributed by atoms with Crippen molar-refractivity contribution in [3.05, 3.63) is 47.4 Å². The van der Waals surface area contributed by atoms with Gasteiger partial charge in [0.25, 0.3) is 0 Å². The van der Waals surface area contributed by atoms with Crippen LogP contribution in [-0.4, -0.2) is 57.3 Å². The van der Waals surface area contributed by atoms with Crippen LogP contribution in [0.5, 0.6) is 5.75 Å². The van der Waals surface area contributed by atoms with Gasteiger partial charge in [-0.2, -0.15) is 5.10 Å². The van der Waals surface area contributed by atoms with Crippen LogP contribution < -0.4 is 10.5 Å². The van der Waals surface area contributed by atoms with E-state index in [2.05, 4.69) is 9.97 Å². The minimum atomic E-state index is 0.133. The van der Waals surface area contributed by atoms with Crippen molar-refractivity contribution in [1.82, 2.24) is 24.6 Å². The van der Waals surface area contributed by atoms with E-state index < -0.39 is 0 Å². The third kappa shape index (κ3) is 3.80. The van der Waals surface area contributed by atoms with Crippen LogP contribution >= 0.6 is 0 Å². The number of ether oxygens (including phenoxy) is 1. The van der Waals surface area contributed by atoms with Crippen LogP contribution in [0.4, 0.5) is 0 Å². The first-order valence-corrected chi connectivity index (χ1v) is 9.89. The van der Waals surface area contributed by atoms with Crippen LogP contribution in [0.15, 0.2) is 30.6 Å². The number of hydrogen-bond acceptors (Lipinski definition) is 6. The molecule has 0 radical (unpaired) electrons. The van der Waals surface area contributed by atoms with Gasteiger partial charge in [0, 0.05) is 37.9 Å². The van der Waals surface area contributed by atoms with Crippen molar-refractivity contribution < 1.29 is 9.53 Å². The highest BCUT2D eigenvalue weighted by Crippen LogP contribution is 2.30. The molecule has 1 saturated heterocycles. The number of hydrogen-bond donors (Lipinski definition) is 1. The fourth-order valence-electron chi connectivity index (χ4n) is 4.03. The fourth-order valence-corrected chi connectivity index (χ4v) is 4.03. The molecule has 1 atom stereocenters. The van der Waals surface area contributed by atoms with Gasteiger partial charge in [-0.1, -0.05) is 12.1 Å². The first-order valence-electron chi connectivity index (χ1n) is 9.89. The van der Waals surface area contributed by atoms with Crippen molar-refractivity contribution in [3.63, 3.8) is 0 Å². The third-order valence-corrected chi connectivity index (χ3v) is 5.48. The summed E-state index contributed by atoms with van der Waals surface area (Å²) in [6.45, 7) is 4.46. The Morgan fingerprint density at radius 1 is 1.31 bits per heavy atom. The number of likely N-dealkylation sites (tertiary alicyclic amines) is 1. The number of nitrogens with zero attached hydrogens (tertiary/aromatic N) is 5. The zero-order valence-electron chi connectivity index (χ0n) is 16.8. The van der Waals surface area contributed by atoms with E-state index >= 15 is 0 Å². The van der Waals surface area contributed by atoms with Crippen molar-refractivity contribution in [2.75, 3.05) is 26.7 Å². The van der Waals surface area contributed by atoms with Gasteiger partial charge in [-0.3, -0.25) is 4.79 Å². The van der Waals surface area contributed by atoms with Crippen LogP contribution in [0, 0.1) is 6.92 Å². The van der Waals surface area contributed by atoms with Crippen molar-refractivity contribution in [2.24, 2.45) is 5.73 Å². The van der Waals surface area contributed by atoms with Crippen molar-refractivity contribution in [1.29, 1.82) is 0 Å². The van der Waals surface area contributed by atoms with E-state index in [1.54, 1.807) is 19.5 Å². The molecule has 152 valence electrons. The predicted octanol–water partition coefficient (Wildman–Crippen LogP) is 1.66. The number of amides is 1. The second-order valence-corrected chi connectivity index (χ2v) is 7.43. The molecule has 29 heavy (non-hydrogen) atoms. The molecule has 1 aliphatic rings. The number of benzene rings is 1. The molecule has 0 aliphatic carbocycles. The first kappa shape index (κ1) is 19.3. The van der Waals surface area contributed by atoms with E-state index in [9.17, 15) is 4.79 Å². The molecule has 3 aromatic rings. The van der Waals surface area contributed by atoms with E-state index in [4.69, 9.17) is 15.6 Å². The predicted molar refractivity (Wildman–Crippen MR) is 110 cm³/mol. The average Bonchev–Trinajstić information content (AvgIpc) is 3.34. The number of rotatable bonds is 6. The quantitative estimate of drug-likeness (QED) is 0.683. The van der Waals surface area contributed by atoms with E-state index in [0.717, 1.165) is 46.7 Å². The molecular weight excluding hydrogens is 368 g/mol. The van der Waals surface area contributed by atoms with E-state index in [1.807, 2.05) is 34.7 Å². The zero-order valence-corrected chi connectivity index (χ0v) is 16.8. The smallest absolute Gasteiger partial charge is 0.227 e. The lowest BCUT2D eigenvalue weighted by atomic mass is 10.0. The van der Waals surface area contributed by atoms with Gasteiger partial charge in [0.05, 0.1) is 25.8 Å². The summed E-state index contributed by atoms with van der Waals surface area (Å²) >= 11 is 0. The normalized spacial score (nSPS) is 16.5. The highest BCUT2D eigenvalue weighted by atomic mass is 16.5. The van der Waals surface area contributed by atoms with Crippen LogP contribution in [0.1, 0.15) is 29.2 Å². The van der Waals surface area contributed by atoms with Crippen molar-refractivity contribution in [2.45, 2.75) is 32.2 Å². The molecular formula is C21H26N6O2. The molecule has 8 heteroatoms. The molecule has 0 unspecified atom stereocenters. The topological polar surface area (TPSA) is 99.2 Å². The molecule has 1 amide bonds. The SMILES string of the molecule is COc1ccc(CC(=O)N2CC[C@H](c3nn(CCN)c4nccnc34)C2)cc1C. The second-order valence-electron chi connectivity index (χ2n) is 7.43. The molecule has 0 spiro atoms. The molecule has 1 aliphatic heterocycles. The summed E-state index contributed by atoms with van der Waals surface area (Å²) in [6.07, 6.45) is 4.62. The first-order chi connectivity index (χ1) is 14.1. The Bertz CT molecular complexity index is 1030. The largest absolute Gasteiger partial charge is 0.496 e. The Labute approximate surface area is 169 Å². The Balaban J connectivity index is 1.48. The molecule has 4 rings (SSSR count). The Morgan fingerprint density at radius 3 is 2.90 bits per heavy atom. The lowest BCUT2D eigenvalue weighted by Crippen LogP contribution is -2.30. The fraction of sp³-hybridized carbons (Fsp3) is 0.429. The summed E-state index contributed by atoms with van der Waals surface area (Å²) in [5.74, 6) is 1.13. The van der Waals surface area contributed by atoms with Gasteiger partial charge in [-0.25, -0.2) is 14.6 Å². The Hall–Kier alpha value is -3.00. The van der Waals surface area contributed by atoms with Crippen LogP contribution in [0.3, 0.4) is 0 Å². The number of carbonyl (C=O) groups is 1. The van der Waals surface area contributed by atoms with Gasteiger partial charge in [0.15, 0.2) is 5.65 Å². The molecule has 3 heterocycles. The highest BCUT2D eigenvalue weighted by molar-refractivity contribution is 5.80. The summed E-state index contributed by atoms with van der Waals surface area (Å²) in [4.78, 5) is 23.7. The minimum Gasteiger partial charge on any atom is -0.496 e. The van der Waals surface area contributed by atoms with Gasteiger partial charge in [-0.05, 0) is 30.5 Å². The molecule has 1 fully saturated rings. The van der Waals surface area contributed by atoms with Gasteiger partial charge >= 0.3 is 0 Å². The van der Waals surface area contributed by atoms with E-state index in [-0.39, 0.29) is 11.8 Å². The lowest BCUT2D eigenvalue weighted by Gasteiger charge is -2.16. The number of carbonyl (C=O) groups excluding carboxylic acids is 1. The molecule has 0 bridgehead atoms. The van der Waals surface area contributed by atoms with Crippen LogP contribution in [0.2, 0.25) is 0 Å². The number of aromatic nitrogens is 4. The number of methoxy groups -OCH3 is 1. The summed E-state index contributed by atoms with van der Waals surface area (Å²) in [6, 6.07) is 5.89. The number of nitrogens with two attached hydrogens (primary N) is 1. The minimum absolute atomic E-state index is 0.133. The average molecular weight is 394 g/mol. The third-order valence-electron chi connectivity index (χ3n) is 5.48. The summed E-state index contributed by atoms with van der Waals surface area (Å²) in [5, 5.41) is 4.73. The van der Waals surface area contributed by atoms with E-state index in [0.29, 0.717) is 26.1 Å². The zero-order chi connectivity index (χ0) is 20.4. The van der Waals surface area contributed by atoms with Gasteiger partial charge in [-0.15, -0.1) is 0 Å². The molecule has 0 saturated carbocycles. The maximum atomic E-state index is 12.9. The van der Waals surface area contributed by atoms with Crippen LogP contribution in [0.25, 0.3) is 11.2 Å². The standard InChI is InChI=1S/C21H26N6O2/c1-14-11-15(3-4-17(14)29-2)12-18(28)26-9-5-16(13-26)19-20-21(24-8-7-23-20)27(25-19)10-6-22/h3-4,7-8,11,16H,5-6,9-10,12-13,22H2,1-2H3/t16-/m0/s1. The molecule has 1 aromatic carbocycles. The maximum Gasteiger partial charge on any atom is 0.227 e. The molecule has 8 nitrogen and oxygen atoms in total. The second kappa shape index (κ2) is 8.16. The molecule has 2 aromatic heterocycles. The Kier molecular flexibility index (Phi) is 5.44.